The number of carboxylic acids is 2. The Hall–Kier alpha value is -2.89. The van der Waals surface area contributed by atoms with Gasteiger partial charge in [-0.1, -0.05) is 12.1 Å². The van der Waals surface area contributed by atoms with Crippen LogP contribution in [0.25, 0.3) is 11.1 Å². The molecule has 0 unspecified atom stereocenters. The highest BCUT2D eigenvalue weighted by Gasteiger charge is 2.11. The lowest BCUT2D eigenvalue weighted by atomic mass is 10.0. The molecule has 2 aromatic rings. The summed E-state index contributed by atoms with van der Waals surface area (Å²) in [5, 5.41) is 17.7. The first-order valence-electron chi connectivity index (χ1n) is 5.31. The summed E-state index contributed by atoms with van der Waals surface area (Å²) in [4.78, 5) is 25.5. The summed E-state index contributed by atoms with van der Waals surface area (Å²) >= 11 is 0. The molecule has 6 nitrogen and oxygen atoms in total. The van der Waals surface area contributed by atoms with Gasteiger partial charge >= 0.3 is 11.9 Å². The number of nitrogens with zero attached hydrogens (tertiary/aromatic N) is 1. The predicted molar refractivity (Wildman–Crippen MR) is 68.0 cm³/mol. The van der Waals surface area contributed by atoms with Crippen LogP contribution in [0.5, 0.6) is 0 Å². The molecule has 0 fully saturated rings. The number of carbonyl (C=O) groups is 2. The molecular weight excluding hydrogens is 248 g/mol. The molecule has 4 N–H and O–H groups in total. The first kappa shape index (κ1) is 12.6. The molecule has 0 aliphatic heterocycles. The van der Waals surface area contributed by atoms with Crippen LogP contribution in [0.2, 0.25) is 0 Å². The zero-order valence-electron chi connectivity index (χ0n) is 9.70. The van der Waals surface area contributed by atoms with Gasteiger partial charge in [0.15, 0.2) is 0 Å². The highest BCUT2D eigenvalue weighted by molar-refractivity contribution is 5.94. The Morgan fingerprint density at radius 1 is 1.00 bits per heavy atom. The second-order valence-corrected chi connectivity index (χ2v) is 3.84. The standard InChI is InChI=1S/C13H10N2O4/c14-11-10(13(18)19)5-9(6-15-11)7-1-3-8(4-2-7)12(16)17/h1-6H,(H2,14,15)(H,16,17)(H,18,19). The first-order chi connectivity index (χ1) is 8.99. The molecular formula is C13H10N2O4. The molecule has 0 aliphatic carbocycles. The van der Waals surface area contributed by atoms with Gasteiger partial charge in [-0.15, -0.1) is 0 Å². The number of anilines is 1. The Kier molecular flexibility index (Phi) is 3.15. The number of pyridine rings is 1. The normalized spacial score (nSPS) is 10.1. The van der Waals surface area contributed by atoms with E-state index in [0.29, 0.717) is 11.1 Å². The van der Waals surface area contributed by atoms with Crippen LogP contribution in [-0.4, -0.2) is 27.1 Å². The van der Waals surface area contributed by atoms with E-state index in [1.54, 1.807) is 12.1 Å². The molecule has 6 heteroatoms. The van der Waals surface area contributed by atoms with E-state index in [9.17, 15) is 9.59 Å². The first-order valence-corrected chi connectivity index (χ1v) is 5.31. The minimum Gasteiger partial charge on any atom is -0.478 e. The molecule has 0 bridgehead atoms. The van der Waals surface area contributed by atoms with Crippen LogP contribution in [0, 0.1) is 0 Å². The van der Waals surface area contributed by atoms with Gasteiger partial charge in [0.2, 0.25) is 0 Å². The third kappa shape index (κ3) is 2.52. The lowest BCUT2D eigenvalue weighted by molar-refractivity contribution is 0.0686. The molecule has 1 aromatic heterocycles. The Morgan fingerprint density at radius 2 is 1.63 bits per heavy atom. The van der Waals surface area contributed by atoms with E-state index >= 15 is 0 Å². The quantitative estimate of drug-likeness (QED) is 0.772. The molecule has 19 heavy (non-hydrogen) atoms. The van der Waals surface area contributed by atoms with Crippen molar-refractivity contribution in [3.8, 4) is 11.1 Å². The molecule has 1 heterocycles. The fourth-order valence-corrected chi connectivity index (χ4v) is 1.61. The highest BCUT2D eigenvalue weighted by Crippen LogP contribution is 2.22. The van der Waals surface area contributed by atoms with Gasteiger partial charge in [-0.25, -0.2) is 14.6 Å². The Balaban J connectivity index is 2.44. The average Bonchev–Trinajstić information content (AvgIpc) is 2.39. The van der Waals surface area contributed by atoms with Crippen LogP contribution in [0.4, 0.5) is 5.82 Å². The summed E-state index contributed by atoms with van der Waals surface area (Å²) in [6.45, 7) is 0. The molecule has 1 aromatic carbocycles. The Morgan fingerprint density at radius 3 is 2.16 bits per heavy atom. The lowest BCUT2D eigenvalue weighted by Gasteiger charge is -2.05. The van der Waals surface area contributed by atoms with E-state index in [2.05, 4.69) is 4.98 Å². The number of rotatable bonds is 3. The predicted octanol–water partition coefficient (Wildman–Crippen LogP) is 1.73. The van der Waals surface area contributed by atoms with E-state index in [4.69, 9.17) is 15.9 Å². The van der Waals surface area contributed by atoms with Crippen LogP contribution in [-0.2, 0) is 0 Å². The Labute approximate surface area is 108 Å². The van der Waals surface area contributed by atoms with E-state index in [1.165, 1.54) is 24.4 Å². The zero-order valence-corrected chi connectivity index (χ0v) is 9.70. The monoisotopic (exact) mass is 258 g/mol. The van der Waals surface area contributed by atoms with Gasteiger partial charge < -0.3 is 15.9 Å². The third-order valence-electron chi connectivity index (χ3n) is 2.61. The number of nitrogen functional groups attached to an aromatic ring is 1. The van der Waals surface area contributed by atoms with Crippen LogP contribution >= 0.6 is 0 Å². The van der Waals surface area contributed by atoms with Gasteiger partial charge in [-0.05, 0) is 23.8 Å². The minimum atomic E-state index is -1.16. The smallest absolute Gasteiger partial charge is 0.339 e. The van der Waals surface area contributed by atoms with Crippen molar-refractivity contribution in [2.75, 3.05) is 5.73 Å². The summed E-state index contributed by atoms with van der Waals surface area (Å²) in [5.74, 6) is -2.24. The third-order valence-corrected chi connectivity index (χ3v) is 2.61. The zero-order chi connectivity index (χ0) is 14.0. The van der Waals surface area contributed by atoms with Crippen LogP contribution in [0.15, 0.2) is 36.5 Å². The fraction of sp³-hybridized carbons (Fsp3) is 0. The van der Waals surface area contributed by atoms with Crippen LogP contribution in [0.1, 0.15) is 20.7 Å². The van der Waals surface area contributed by atoms with Crippen molar-refractivity contribution >= 4 is 17.8 Å². The minimum absolute atomic E-state index is 0.0570. The van der Waals surface area contributed by atoms with Gasteiger partial charge in [0.25, 0.3) is 0 Å². The SMILES string of the molecule is Nc1ncc(-c2ccc(C(=O)O)cc2)cc1C(=O)O. The average molecular weight is 258 g/mol. The van der Waals surface area contributed by atoms with Crippen molar-refractivity contribution in [3.63, 3.8) is 0 Å². The molecule has 0 saturated carbocycles. The molecule has 0 aliphatic rings. The molecule has 2 rings (SSSR count). The van der Waals surface area contributed by atoms with Gasteiger partial charge in [0.1, 0.15) is 11.4 Å². The maximum atomic E-state index is 11.0. The summed E-state index contributed by atoms with van der Waals surface area (Å²) in [6.07, 6.45) is 1.44. The number of nitrogens with two attached hydrogens (primary N) is 1. The van der Waals surface area contributed by atoms with Crippen molar-refractivity contribution in [3.05, 3.63) is 47.7 Å². The fourth-order valence-electron chi connectivity index (χ4n) is 1.61. The highest BCUT2D eigenvalue weighted by atomic mass is 16.4. The van der Waals surface area contributed by atoms with Crippen LogP contribution < -0.4 is 5.73 Å². The van der Waals surface area contributed by atoms with E-state index in [1.807, 2.05) is 0 Å². The molecule has 0 atom stereocenters. The second-order valence-electron chi connectivity index (χ2n) is 3.84. The van der Waals surface area contributed by atoms with E-state index in [0.717, 1.165) is 0 Å². The number of hydrogen-bond acceptors (Lipinski definition) is 4. The van der Waals surface area contributed by atoms with Gasteiger partial charge in [0.05, 0.1) is 5.56 Å². The number of benzene rings is 1. The topological polar surface area (TPSA) is 114 Å². The van der Waals surface area contributed by atoms with Crippen molar-refractivity contribution in [2.24, 2.45) is 0 Å². The second kappa shape index (κ2) is 4.77. The van der Waals surface area contributed by atoms with Crippen LogP contribution in [0.3, 0.4) is 0 Å². The summed E-state index contributed by atoms with van der Waals surface area (Å²) in [6, 6.07) is 7.45. The van der Waals surface area contributed by atoms with Gasteiger partial charge in [-0.3, -0.25) is 0 Å². The largest absolute Gasteiger partial charge is 0.478 e. The van der Waals surface area contributed by atoms with Crippen molar-refractivity contribution in [1.29, 1.82) is 0 Å². The Bertz CT molecular complexity index is 650. The molecule has 0 radical (unpaired) electrons. The van der Waals surface area contributed by atoms with Gasteiger partial charge in [-0.2, -0.15) is 0 Å². The van der Waals surface area contributed by atoms with Crippen molar-refractivity contribution in [2.45, 2.75) is 0 Å². The summed E-state index contributed by atoms with van der Waals surface area (Å²) < 4.78 is 0. The summed E-state index contributed by atoms with van der Waals surface area (Å²) in [5.41, 5.74) is 6.76. The lowest BCUT2D eigenvalue weighted by Crippen LogP contribution is -2.04. The molecule has 0 amide bonds. The number of hydrogen-bond donors (Lipinski definition) is 3. The number of aromatic carboxylic acids is 2. The molecule has 0 spiro atoms. The number of carboxylic acid groups (broad SMARTS) is 2. The number of aromatic nitrogens is 1. The maximum Gasteiger partial charge on any atom is 0.339 e. The van der Waals surface area contributed by atoms with E-state index < -0.39 is 11.9 Å². The molecule has 0 saturated heterocycles. The summed E-state index contributed by atoms with van der Waals surface area (Å²) in [7, 11) is 0. The van der Waals surface area contributed by atoms with Crippen molar-refractivity contribution in [1.82, 2.24) is 4.98 Å². The maximum absolute atomic E-state index is 11.0. The van der Waals surface area contributed by atoms with Crippen molar-refractivity contribution < 1.29 is 19.8 Å². The van der Waals surface area contributed by atoms with E-state index in [-0.39, 0.29) is 16.9 Å². The van der Waals surface area contributed by atoms with Gasteiger partial charge in [0, 0.05) is 11.8 Å². The molecule has 96 valence electrons.